The molecule has 2 aliphatic heterocycles. The van der Waals surface area contributed by atoms with Gasteiger partial charge in [0.2, 0.25) is 11.8 Å². The van der Waals surface area contributed by atoms with Gasteiger partial charge in [0, 0.05) is 16.2 Å². The summed E-state index contributed by atoms with van der Waals surface area (Å²) in [5.74, 6) is -1.98. The summed E-state index contributed by atoms with van der Waals surface area (Å²) in [4.78, 5) is 49.3. The van der Waals surface area contributed by atoms with E-state index >= 15 is 0 Å². The number of piperidine rings is 1. The molecule has 1 N–H and O–H groups in total. The van der Waals surface area contributed by atoms with Gasteiger partial charge in [0.25, 0.3) is 11.8 Å². The van der Waals surface area contributed by atoms with Crippen LogP contribution in [0.25, 0.3) is 0 Å². The van der Waals surface area contributed by atoms with Crippen LogP contribution in [0.3, 0.4) is 0 Å². The van der Waals surface area contributed by atoms with E-state index in [9.17, 15) is 19.2 Å². The summed E-state index contributed by atoms with van der Waals surface area (Å²) < 4.78 is 0.717. The number of fused-ring (bicyclic) bond motifs is 1. The summed E-state index contributed by atoms with van der Waals surface area (Å²) in [6, 6.07) is 2.33. The van der Waals surface area contributed by atoms with E-state index < -0.39 is 23.8 Å². The molecule has 1 fully saturated rings. The topological polar surface area (TPSA) is 83.6 Å². The van der Waals surface area contributed by atoms with Gasteiger partial charge in [-0.05, 0) is 24.1 Å². The van der Waals surface area contributed by atoms with Crippen molar-refractivity contribution in [1.82, 2.24) is 10.2 Å². The minimum atomic E-state index is -0.938. The Bertz CT molecular complexity index is 732. The summed E-state index contributed by atoms with van der Waals surface area (Å²) in [6.45, 7) is 0. The SMILES string of the molecule is O=C1CCC(N2C(=O)c3ccc(Br)c(CBr)c3C2=O)C(=O)N1. The molecule has 0 spiro atoms. The van der Waals surface area contributed by atoms with Crippen LogP contribution in [-0.4, -0.2) is 34.6 Å². The third-order valence-electron chi connectivity index (χ3n) is 3.79. The first-order valence-electron chi connectivity index (χ1n) is 6.54. The Morgan fingerprint density at radius 2 is 1.91 bits per heavy atom. The highest BCUT2D eigenvalue weighted by atomic mass is 79.9. The lowest BCUT2D eigenvalue weighted by molar-refractivity contribution is -0.136. The van der Waals surface area contributed by atoms with E-state index in [1.54, 1.807) is 12.1 Å². The fraction of sp³-hybridized carbons (Fsp3) is 0.286. The zero-order chi connectivity index (χ0) is 16.0. The molecule has 0 aliphatic carbocycles. The average Bonchev–Trinajstić information content (AvgIpc) is 2.72. The molecule has 8 heteroatoms. The second-order valence-electron chi connectivity index (χ2n) is 5.03. The third kappa shape index (κ3) is 2.21. The molecule has 1 unspecified atom stereocenters. The van der Waals surface area contributed by atoms with Gasteiger partial charge in [-0.2, -0.15) is 0 Å². The summed E-state index contributed by atoms with van der Waals surface area (Å²) in [7, 11) is 0. The Kier molecular flexibility index (Phi) is 3.90. The van der Waals surface area contributed by atoms with E-state index in [1.807, 2.05) is 0 Å². The number of halogens is 2. The van der Waals surface area contributed by atoms with Crippen molar-refractivity contribution in [2.24, 2.45) is 0 Å². The lowest BCUT2D eigenvalue weighted by Crippen LogP contribution is -2.54. The van der Waals surface area contributed by atoms with Crippen molar-refractivity contribution in [2.75, 3.05) is 0 Å². The van der Waals surface area contributed by atoms with E-state index in [-0.39, 0.29) is 24.3 Å². The Balaban J connectivity index is 2.04. The predicted octanol–water partition coefficient (Wildman–Crippen LogP) is 1.75. The van der Waals surface area contributed by atoms with Crippen molar-refractivity contribution in [1.29, 1.82) is 0 Å². The number of imide groups is 2. The van der Waals surface area contributed by atoms with Crippen LogP contribution in [-0.2, 0) is 14.9 Å². The van der Waals surface area contributed by atoms with Crippen molar-refractivity contribution in [3.63, 3.8) is 0 Å². The number of rotatable bonds is 2. The third-order valence-corrected chi connectivity index (χ3v) is 5.10. The van der Waals surface area contributed by atoms with Gasteiger partial charge in [-0.1, -0.05) is 31.9 Å². The molecule has 0 radical (unpaired) electrons. The van der Waals surface area contributed by atoms with E-state index in [2.05, 4.69) is 37.2 Å². The standard InChI is InChI=1S/C14H10Br2N2O4/c15-5-7-8(16)2-1-6-11(7)14(22)18(13(6)21)9-3-4-10(19)17-12(9)20/h1-2,9H,3-5H2,(H,17,19,20). The van der Waals surface area contributed by atoms with Gasteiger partial charge in [0.15, 0.2) is 0 Å². The summed E-state index contributed by atoms with van der Waals surface area (Å²) in [5, 5.41) is 2.57. The van der Waals surface area contributed by atoms with Crippen molar-refractivity contribution in [3.8, 4) is 0 Å². The Morgan fingerprint density at radius 1 is 1.18 bits per heavy atom. The van der Waals surface area contributed by atoms with Crippen LogP contribution in [0.15, 0.2) is 16.6 Å². The van der Waals surface area contributed by atoms with Crippen molar-refractivity contribution in [3.05, 3.63) is 33.3 Å². The normalized spacial score (nSPS) is 21.2. The number of alkyl halides is 1. The molecular formula is C14H10Br2N2O4. The van der Waals surface area contributed by atoms with Gasteiger partial charge in [0.05, 0.1) is 11.1 Å². The molecule has 0 bridgehead atoms. The number of benzene rings is 1. The van der Waals surface area contributed by atoms with Crippen molar-refractivity contribution < 1.29 is 19.2 Å². The van der Waals surface area contributed by atoms with Gasteiger partial charge < -0.3 is 0 Å². The number of hydrogen-bond donors (Lipinski definition) is 1. The molecule has 1 saturated heterocycles. The van der Waals surface area contributed by atoms with Crippen LogP contribution in [0.2, 0.25) is 0 Å². The molecule has 2 heterocycles. The van der Waals surface area contributed by atoms with Gasteiger partial charge in [-0.15, -0.1) is 0 Å². The maximum Gasteiger partial charge on any atom is 0.262 e. The second kappa shape index (κ2) is 5.58. The number of carbonyl (C=O) groups is 4. The molecular weight excluding hydrogens is 420 g/mol. The maximum atomic E-state index is 12.7. The number of hydrogen-bond acceptors (Lipinski definition) is 4. The fourth-order valence-electron chi connectivity index (χ4n) is 2.73. The molecule has 0 saturated carbocycles. The smallest absolute Gasteiger partial charge is 0.262 e. The summed E-state index contributed by atoms with van der Waals surface area (Å²) in [5.41, 5.74) is 1.26. The molecule has 22 heavy (non-hydrogen) atoms. The van der Waals surface area contributed by atoms with Crippen LogP contribution in [0.1, 0.15) is 39.1 Å². The first kappa shape index (κ1) is 15.4. The molecule has 114 valence electrons. The van der Waals surface area contributed by atoms with Gasteiger partial charge in [-0.25, -0.2) is 0 Å². The monoisotopic (exact) mass is 428 g/mol. The minimum absolute atomic E-state index is 0.110. The first-order chi connectivity index (χ1) is 10.5. The van der Waals surface area contributed by atoms with Gasteiger partial charge in [0.1, 0.15) is 6.04 Å². The Labute approximate surface area is 142 Å². The largest absolute Gasteiger partial charge is 0.295 e. The van der Waals surface area contributed by atoms with Crippen molar-refractivity contribution >= 4 is 55.5 Å². The predicted molar refractivity (Wildman–Crippen MR) is 83.4 cm³/mol. The van der Waals surface area contributed by atoms with Crippen molar-refractivity contribution in [2.45, 2.75) is 24.2 Å². The Morgan fingerprint density at radius 3 is 2.55 bits per heavy atom. The zero-order valence-corrected chi connectivity index (χ0v) is 14.4. The highest BCUT2D eigenvalue weighted by molar-refractivity contribution is 9.10. The molecule has 1 atom stereocenters. The van der Waals surface area contributed by atoms with Crippen LogP contribution >= 0.6 is 31.9 Å². The summed E-state index contributed by atoms with van der Waals surface area (Å²) >= 11 is 6.67. The highest BCUT2D eigenvalue weighted by Gasteiger charge is 2.45. The fourth-order valence-corrected chi connectivity index (χ4v) is 4.16. The summed E-state index contributed by atoms with van der Waals surface area (Å²) in [6.07, 6.45) is 0.264. The van der Waals surface area contributed by atoms with E-state index in [0.29, 0.717) is 16.5 Å². The molecule has 1 aromatic rings. The quantitative estimate of drug-likeness (QED) is 0.573. The highest BCUT2D eigenvalue weighted by Crippen LogP contribution is 2.34. The van der Waals surface area contributed by atoms with E-state index in [4.69, 9.17) is 0 Å². The average molecular weight is 430 g/mol. The first-order valence-corrected chi connectivity index (χ1v) is 8.46. The minimum Gasteiger partial charge on any atom is -0.295 e. The number of nitrogens with one attached hydrogen (secondary N) is 1. The molecule has 2 aliphatic rings. The van der Waals surface area contributed by atoms with Crippen LogP contribution in [0, 0.1) is 0 Å². The Hall–Kier alpha value is -1.54. The van der Waals surface area contributed by atoms with Crippen LogP contribution in [0.5, 0.6) is 0 Å². The molecule has 3 rings (SSSR count). The maximum absolute atomic E-state index is 12.7. The number of amides is 4. The molecule has 4 amide bonds. The lowest BCUT2D eigenvalue weighted by atomic mass is 10.0. The molecule has 1 aromatic carbocycles. The second-order valence-corrected chi connectivity index (χ2v) is 6.44. The van der Waals surface area contributed by atoms with Gasteiger partial charge in [-0.3, -0.25) is 29.4 Å². The molecule has 6 nitrogen and oxygen atoms in total. The number of nitrogens with zero attached hydrogens (tertiary/aromatic N) is 1. The van der Waals surface area contributed by atoms with Gasteiger partial charge >= 0.3 is 0 Å². The zero-order valence-electron chi connectivity index (χ0n) is 11.2. The lowest BCUT2D eigenvalue weighted by Gasteiger charge is -2.27. The van der Waals surface area contributed by atoms with E-state index in [1.165, 1.54) is 0 Å². The number of carbonyl (C=O) groups excluding carboxylic acids is 4. The van der Waals surface area contributed by atoms with Crippen LogP contribution < -0.4 is 5.32 Å². The molecule has 0 aromatic heterocycles. The van der Waals surface area contributed by atoms with Crippen LogP contribution in [0.4, 0.5) is 0 Å². The van der Waals surface area contributed by atoms with E-state index in [0.717, 1.165) is 9.37 Å².